The van der Waals surface area contributed by atoms with E-state index in [1.54, 1.807) is 6.07 Å². The minimum absolute atomic E-state index is 0.128. The fourth-order valence-electron chi connectivity index (χ4n) is 1.75. The molecule has 0 saturated carbocycles. The molecule has 1 nitrogen and oxygen atoms in total. The lowest BCUT2D eigenvalue weighted by Gasteiger charge is -2.17. The minimum atomic E-state index is -0.128. The SMILES string of the molecule is CC1Cc2cc(F)ccc2N1C. The number of rotatable bonds is 0. The fraction of sp³-hybridized carbons (Fsp3) is 0.400. The van der Waals surface area contributed by atoms with Crippen molar-refractivity contribution in [1.29, 1.82) is 0 Å². The van der Waals surface area contributed by atoms with Gasteiger partial charge in [-0.15, -0.1) is 0 Å². The van der Waals surface area contributed by atoms with Crippen LogP contribution in [0, 0.1) is 5.82 Å². The molecular weight excluding hydrogens is 153 g/mol. The zero-order chi connectivity index (χ0) is 8.72. The Balaban J connectivity index is 2.47. The summed E-state index contributed by atoms with van der Waals surface area (Å²) < 4.78 is 12.8. The average Bonchev–Trinajstić information content (AvgIpc) is 2.28. The Labute approximate surface area is 71.8 Å². The maximum atomic E-state index is 12.8. The monoisotopic (exact) mass is 165 g/mol. The summed E-state index contributed by atoms with van der Waals surface area (Å²) in [7, 11) is 2.05. The third kappa shape index (κ3) is 0.986. The van der Waals surface area contributed by atoms with Crippen LogP contribution >= 0.6 is 0 Å². The first-order chi connectivity index (χ1) is 5.68. The molecule has 1 aromatic carbocycles. The van der Waals surface area contributed by atoms with Gasteiger partial charge in [0.15, 0.2) is 0 Å². The van der Waals surface area contributed by atoms with Crippen LogP contribution in [0.5, 0.6) is 0 Å². The molecule has 1 atom stereocenters. The van der Waals surface area contributed by atoms with E-state index in [0.717, 1.165) is 12.0 Å². The van der Waals surface area contributed by atoms with Gasteiger partial charge in [0, 0.05) is 18.8 Å². The van der Waals surface area contributed by atoms with Crippen LogP contribution in [0.1, 0.15) is 12.5 Å². The van der Waals surface area contributed by atoms with Gasteiger partial charge in [0.1, 0.15) is 5.82 Å². The highest BCUT2D eigenvalue weighted by molar-refractivity contribution is 5.58. The van der Waals surface area contributed by atoms with E-state index in [1.807, 2.05) is 6.07 Å². The number of hydrogen-bond acceptors (Lipinski definition) is 1. The summed E-state index contributed by atoms with van der Waals surface area (Å²) in [5, 5.41) is 0. The van der Waals surface area contributed by atoms with E-state index in [9.17, 15) is 4.39 Å². The van der Waals surface area contributed by atoms with E-state index in [2.05, 4.69) is 18.9 Å². The number of halogens is 1. The second kappa shape index (κ2) is 2.47. The molecule has 2 rings (SSSR count). The van der Waals surface area contributed by atoms with E-state index in [4.69, 9.17) is 0 Å². The molecule has 0 amide bonds. The molecule has 64 valence electrons. The zero-order valence-corrected chi connectivity index (χ0v) is 7.34. The quantitative estimate of drug-likeness (QED) is 0.569. The van der Waals surface area contributed by atoms with Crippen LogP contribution in [0.2, 0.25) is 0 Å². The van der Waals surface area contributed by atoms with Crippen molar-refractivity contribution in [3.05, 3.63) is 29.6 Å². The molecule has 0 N–H and O–H groups in total. The summed E-state index contributed by atoms with van der Waals surface area (Å²) in [5.41, 5.74) is 2.30. The molecule has 1 heterocycles. The second-order valence-corrected chi connectivity index (χ2v) is 3.44. The summed E-state index contributed by atoms with van der Waals surface area (Å²) in [6.45, 7) is 2.15. The van der Waals surface area contributed by atoms with E-state index < -0.39 is 0 Å². The molecule has 0 aliphatic carbocycles. The van der Waals surface area contributed by atoms with Gasteiger partial charge < -0.3 is 4.90 Å². The predicted octanol–water partition coefficient (Wildman–Crippen LogP) is 2.21. The number of fused-ring (bicyclic) bond motifs is 1. The van der Waals surface area contributed by atoms with Gasteiger partial charge >= 0.3 is 0 Å². The lowest BCUT2D eigenvalue weighted by atomic mass is 10.1. The number of benzene rings is 1. The number of hydrogen-bond donors (Lipinski definition) is 0. The fourth-order valence-corrected chi connectivity index (χ4v) is 1.75. The van der Waals surface area contributed by atoms with Gasteiger partial charge in [0.2, 0.25) is 0 Å². The number of anilines is 1. The van der Waals surface area contributed by atoms with Crippen LogP contribution in [0.4, 0.5) is 10.1 Å². The van der Waals surface area contributed by atoms with E-state index in [1.165, 1.54) is 11.8 Å². The third-order valence-electron chi connectivity index (χ3n) is 2.60. The molecule has 1 aromatic rings. The second-order valence-electron chi connectivity index (χ2n) is 3.44. The topological polar surface area (TPSA) is 3.24 Å². The van der Waals surface area contributed by atoms with Gasteiger partial charge in [-0.2, -0.15) is 0 Å². The molecule has 0 bridgehead atoms. The first-order valence-electron chi connectivity index (χ1n) is 4.20. The lowest BCUT2D eigenvalue weighted by molar-refractivity contribution is 0.626. The molecular formula is C10H12FN. The van der Waals surface area contributed by atoms with Crippen LogP contribution in [-0.4, -0.2) is 13.1 Å². The van der Waals surface area contributed by atoms with E-state index in [-0.39, 0.29) is 5.82 Å². The molecule has 1 unspecified atom stereocenters. The Hall–Kier alpha value is -1.05. The van der Waals surface area contributed by atoms with Crippen molar-refractivity contribution in [3.63, 3.8) is 0 Å². The lowest BCUT2D eigenvalue weighted by Crippen LogP contribution is -2.23. The van der Waals surface area contributed by atoms with Crippen LogP contribution in [0.15, 0.2) is 18.2 Å². The minimum Gasteiger partial charge on any atom is -0.371 e. The molecule has 0 saturated heterocycles. The Morgan fingerprint density at radius 3 is 3.00 bits per heavy atom. The molecule has 12 heavy (non-hydrogen) atoms. The first-order valence-corrected chi connectivity index (χ1v) is 4.20. The molecule has 0 spiro atoms. The highest BCUT2D eigenvalue weighted by atomic mass is 19.1. The Bertz CT molecular complexity index is 309. The predicted molar refractivity (Wildman–Crippen MR) is 48.0 cm³/mol. The van der Waals surface area contributed by atoms with Gasteiger partial charge in [-0.25, -0.2) is 4.39 Å². The molecule has 0 aromatic heterocycles. The third-order valence-corrected chi connectivity index (χ3v) is 2.60. The Morgan fingerprint density at radius 1 is 1.50 bits per heavy atom. The first kappa shape index (κ1) is 7.59. The highest BCUT2D eigenvalue weighted by Gasteiger charge is 2.22. The van der Waals surface area contributed by atoms with Crippen LogP contribution in [-0.2, 0) is 6.42 Å². The maximum Gasteiger partial charge on any atom is 0.123 e. The van der Waals surface area contributed by atoms with Crippen LogP contribution < -0.4 is 4.90 Å². The zero-order valence-electron chi connectivity index (χ0n) is 7.34. The number of nitrogens with zero attached hydrogens (tertiary/aromatic N) is 1. The van der Waals surface area contributed by atoms with Crippen molar-refractivity contribution in [2.75, 3.05) is 11.9 Å². The van der Waals surface area contributed by atoms with Crippen molar-refractivity contribution in [3.8, 4) is 0 Å². The van der Waals surface area contributed by atoms with Gasteiger partial charge in [0.05, 0.1) is 0 Å². The van der Waals surface area contributed by atoms with Crippen LogP contribution in [0.3, 0.4) is 0 Å². The Kier molecular flexibility index (Phi) is 1.56. The molecule has 0 radical (unpaired) electrons. The van der Waals surface area contributed by atoms with Gasteiger partial charge in [-0.1, -0.05) is 0 Å². The van der Waals surface area contributed by atoms with Crippen molar-refractivity contribution < 1.29 is 4.39 Å². The van der Waals surface area contributed by atoms with Gasteiger partial charge in [0.25, 0.3) is 0 Å². The summed E-state index contributed by atoms with van der Waals surface area (Å²) in [6.07, 6.45) is 0.962. The summed E-state index contributed by atoms with van der Waals surface area (Å²) in [4.78, 5) is 2.19. The molecule has 1 aliphatic rings. The van der Waals surface area contributed by atoms with Gasteiger partial charge in [-0.3, -0.25) is 0 Å². The summed E-state index contributed by atoms with van der Waals surface area (Å²) in [6, 6.07) is 5.51. The molecule has 1 aliphatic heterocycles. The maximum absolute atomic E-state index is 12.8. The van der Waals surface area contributed by atoms with Crippen LogP contribution in [0.25, 0.3) is 0 Å². The Morgan fingerprint density at radius 2 is 2.25 bits per heavy atom. The van der Waals surface area contributed by atoms with Gasteiger partial charge in [-0.05, 0) is 37.1 Å². The smallest absolute Gasteiger partial charge is 0.123 e. The van der Waals surface area contributed by atoms with Crippen molar-refractivity contribution >= 4 is 5.69 Å². The standard InChI is InChI=1S/C10H12FN/c1-7-5-8-6-9(11)3-4-10(8)12(7)2/h3-4,6-7H,5H2,1-2H3. The van der Waals surface area contributed by atoms with Crippen molar-refractivity contribution in [2.45, 2.75) is 19.4 Å². The highest BCUT2D eigenvalue weighted by Crippen LogP contribution is 2.30. The van der Waals surface area contributed by atoms with Crippen molar-refractivity contribution in [2.24, 2.45) is 0 Å². The van der Waals surface area contributed by atoms with E-state index >= 15 is 0 Å². The average molecular weight is 165 g/mol. The summed E-state index contributed by atoms with van der Waals surface area (Å²) in [5.74, 6) is -0.128. The normalized spacial score (nSPS) is 21.2. The summed E-state index contributed by atoms with van der Waals surface area (Å²) >= 11 is 0. The van der Waals surface area contributed by atoms with Crippen molar-refractivity contribution in [1.82, 2.24) is 0 Å². The molecule has 2 heteroatoms. The molecule has 0 fully saturated rings. The number of likely N-dealkylation sites (N-methyl/N-ethyl adjacent to an activating group) is 1. The largest absolute Gasteiger partial charge is 0.371 e. The van der Waals surface area contributed by atoms with E-state index in [0.29, 0.717) is 6.04 Å².